The summed E-state index contributed by atoms with van der Waals surface area (Å²) in [4.78, 5) is 2.35. The number of hydrogen-bond donors (Lipinski definition) is 0. The number of piperidine rings is 1. The van der Waals surface area contributed by atoms with Crippen LogP contribution in [-0.2, 0) is 0 Å². The number of hydrogen-bond acceptors (Lipinski definition) is 3. The highest BCUT2D eigenvalue weighted by molar-refractivity contribution is 6.30. The summed E-state index contributed by atoms with van der Waals surface area (Å²) in [7, 11) is 0. The Kier molecular flexibility index (Phi) is 4.86. The van der Waals surface area contributed by atoms with E-state index in [-0.39, 0.29) is 5.92 Å². The summed E-state index contributed by atoms with van der Waals surface area (Å²) in [5.74, 6) is 1.10. The van der Waals surface area contributed by atoms with Gasteiger partial charge in [-0.1, -0.05) is 11.6 Å². The fourth-order valence-electron chi connectivity index (χ4n) is 2.11. The summed E-state index contributed by atoms with van der Waals surface area (Å²) in [6.07, 6.45) is 1.97. The Morgan fingerprint density at radius 3 is 2.56 bits per heavy atom. The molecule has 0 spiro atoms. The van der Waals surface area contributed by atoms with Crippen molar-refractivity contribution in [3.8, 4) is 11.8 Å². The molecule has 0 amide bonds. The van der Waals surface area contributed by atoms with E-state index in [9.17, 15) is 0 Å². The van der Waals surface area contributed by atoms with E-state index < -0.39 is 0 Å². The standard InChI is InChI=1S/C14H17ClN2O/c15-13-1-3-14(4-2-13)18-10-9-17-7-5-12(11-16)6-8-17/h1-4,12H,5-10H2. The third-order valence-electron chi connectivity index (χ3n) is 3.26. The van der Waals surface area contributed by atoms with Gasteiger partial charge in [0.05, 0.1) is 6.07 Å². The van der Waals surface area contributed by atoms with Crippen LogP contribution >= 0.6 is 11.6 Å². The maximum Gasteiger partial charge on any atom is 0.119 e. The Labute approximate surface area is 113 Å². The predicted molar refractivity (Wildman–Crippen MR) is 71.7 cm³/mol. The van der Waals surface area contributed by atoms with Crippen LogP contribution in [-0.4, -0.2) is 31.1 Å². The van der Waals surface area contributed by atoms with Gasteiger partial charge < -0.3 is 4.74 Å². The molecule has 0 aliphatic carbocycles. The van der Waals surface area contributed by atoms with Gasteiger partial charge >= 0.3 is 0 Å². The predicted octanol–water partition coefficient (Wildman–Crippen LogP) is 2.95. The maximum absolute atomic E-state index is 8.82. The van der Waals surface area contributed by atoms with Crippen molar-refractivity contribution >= 4 is 11.6 Å². The Balaban J connectivity index is 1.67. The van der Waals surface area contributed by atoms with E-state index in [1.807, 2.05) is 24.3 Å². The van der Waals surface area contributed by atoms with E-state index in [0.29, 0.717) is 6.61 Å². The molecular formula is C14H17ClN2O. The molecule has 1 aromatic carbocycles. The third-order valence-corrected chi connectivity index (χ3v) is 3.51. The SMILES string of the molecule is N#CC1CCN(CCOc2ccc(Cl)cc2)CC1. The third kappa shape index (κ3) is 3.90. The van der Waals surface area contributed by atoms with Crippen LogP contribution in [0.2, 0.25) is 5.02 Å². The van der Waals surface area contributed by atoms with Crippen molar-refractivity contribution in [1.82, 2.24) is 4.90 Å². The van der Waals surface area contributed by atoms with Crippen LogP contribution in [0.3, 0.4) is 0 Å². The van der Waals surface area contributed by atoms with Crippen LogP contribution in [0.4, 0.5) is 0 Å². The molecule has 0 atom stereocenters. The van der Waals surface area contributed by atoms with E-state index >= 15 is 0 Å². The summed E-state index contributed by atoms with van der Waals surface area (Å²) in [6, 6.07) is 9.76. The summed E-state index contributed by atoms with van der Waals surface area (Å²) >= 11 is 5.80. The van der Waals surface area contributed by atoms with Gasteiger partial charge in [0.1, 0.15) is 12.4 Å². The van der Waals surface area contributed by atoms with Gasteiger partial charge in [0.15, 0.2) is 0 Å². The quantitative estimate of drug-likeness (QED) is 0.839. The van der Waals surface area contributed by atoms with Gasteiger partial charge in [-0.05, 0) is 50.2 Å². The second-order valence-corrected chi connectivity index (χ2v) is 4.98. The van der Waals surface area contributed by atoms with E-state index in [2.05, 4.69) is 11.0 Å². The van der Waals surface area contributed by atoms with Crippen LogP contribution in [0.1, 0.15) is 12.8 Å². The zero-order valence-electron chi connectivity index (χ0n) is 10.3. The molecule has 0 radical (unpaired) electrons. The molecule has 3 nitrogen and oxygen atoms in total. The first-order valence-corrected chi connectivity index (χ1v) is 6.66. The first-order valence-electron chi connectivity index (χ1n) is 6.28. The number of likely N-dealkylation sites (tertiary alicyclic amines) is 1. The number of halogens is 1. The van der Waals surface area contributed by atoms with Crippen LogP contribution in [0.15, 0.2) is 24.3 Å². The molecule has 1 fully saturated rings. The molecule has 1 saturated heterocycles. The molecule has 0 bridgehead atoms. The summed E-state index contributed by atoms with van der Waals surface area (Å²) < 4.78 is 5.65. The molecule has 4 heteroatoms. The first kappa shape index (κ1) is 13.2. The minimum absolute atomic E-state index is 0.249. The first-order chi connectivity index (χ1) is 8.78. The van der Waals surface area contributed by atoms with Gasteiger partial charge in [-0.15, -0.1) is 0 Å². The van der Waals surface area contributed by atoms with Crippen molar-refractivity contribution < 1.29 is 4.74 Å². The van der Waals surface area contributed by atoms with Crippen molar-refractivity contribution in [2.75, 3.05) is 26.2 Å². The van der Waals surface area contributed by atoms with Crippen molar-refractivity contribution in [3.63, 3.8) is 0 Å². The number of nitriles is 1. The highest BCUT2D eigenvalue weighted by Gasteiger charge is 2.18. The molecule has 2 rings (SSSR count). The van der Waals surface area contributed by atoms with Gasteiger partial charge in [0.2, 0.25) is 0 Å². The second kappa shape index (κ2) is 6.63. The summed E-state index contributed by atoms with van der Waals surface area (Å²) in [6.45, 7) is 3.60. The summed E-state index contributed by atoms with van der Waals surface area (Å²) in [5, 5.41) is 9.54. The normalized spacial score (nSPS) is 17.3. The molecule has 1 heterocycles. The van der Waals surface area contributed by atoms with Gasteiger partial charge in [-0.2, -0.15) is 5.26 Å². The monoisotopic (exact) mass is 264 g/mol. The molecule has 0 N–H and O–H groups in total. The molecule has 1 aliphatic rings. The lowest BCUT2D eigenvalue weighted by Gasteiger charge is -2.28. The van der Waals surface area contributed by atoms with E-state index in [1.54, 1.807) is 0 Å². The van der Waals surface area contributed by atoms with Crippen LogP contribution in [0, 0.1) is 17.2 Å². The van der Waals surface area contributed by atoms with Gasteiger partial charge in [-0.3, -0.25) is 4.90 Å². The molecule has 0 aromatic heterocycles. The van der Waals surface area contributed by atoms with Crippen LogP contribution in [0.5, 0.6) is 5.75 Å². The molecule has 1 aliphatic heterocycles. The van der Waals surface area contributed by atoms with Crippen molar-refractivity contribution in [3.05, 3.63) is 29.3 Å². The maximum atomic E-state index is 8.82. The molecule has 0 saturated carbocycles. The van der Waals surface area contributed by atoms with Crippen molar-refractivity contribution in [2.24, 2.45) is 5.92 Å². The fraction of sp³-hybridized carbons (Fsp3) is 0.500. The van der Waals surface area contributed by atoms with Crippen molar-refractivity contribution in [2.45, 2.75) is 12.8 Å². The Bertz CT molecular complexity index is 405. The average molecular weight is 265 g/mol. The van der Waals surface area contributed by atoms with E-state index in [4.69, 9.17) is 21.6 Å². The largest absolute Gasteiger partial charge is 0.492 e. The van der Waals surface area contributed by atoms with E-state index in [0.717, 1.165) is 43.2 Å². The second-order valence-electron chi connectivity index (χ2n) is 4.55. The van der Waals surface area contributed by atoms with Crippen LogP contribution < -0.4 is 4.74 Å². The molecule has 18 heavy (non-hydrogen) atoms. The van der Waals surface area contributed by atoms with Gasteiger partial charge in [-0.25, -0.2) is 0 Å². The smallest absolute Gasteiger partial charge is 0.119 e. The van der Waals surface area contributed by atoms with Crippen LogP contribution in [0.25, 0.3) is 0 Å². The topological polar surface area (TPSA) is 36.3 Å². The Hall–Kier alpha value is -1.24. The zero-order valence-corrected chi connectivity index (χ0v) is 11.1. The minimum Gasteiger partial charge on any atom is -0.492 e. The molecule has 96 valence electrons. The number of nitrogens with zero attached hydrogens (tertiary/aromatic N) is 2. The number of benzene rings is 1. The van der Waals surface area contributed by atoms with Gasteiger partial charge in [0, 0.05) is 17.5 Å². The summed E-state index contributed by atoms with van der Waals surface area (Å²) in [5.41, 5.74) is 0. The van der Waals surface area contributed by atoms with Crippen molar-refractivity contribution in [1.29, 1.82) is 5.26 Å². The zero-order chi connectivity index (χ0) is 12.8. The lowest BCUT2D eigenvalue weighted by atomic mass is 9.99. The fourth-order valence-corrected chi connectivity index (χ4v) is 2.24. The van der Waals surface area contributed by atoms with Gasteiger partial charge in [0.25, 0.3) is 0 Å². The molecule has 0 unspecified atom stereocenters. The lowest BCUT2D eigenvalue weighted by molar-refractivity contribution is 0.169. The lowest BCUT2D eigenvalue weighted by Crippen LogP contribution is -2.36. The Morgan fingerprint density at radius 1 is 1.28 bits per heavy atom. The average Bonchev–Trinajstić information content (AvgIpc) is 2.42. The highest BCUT2D eigenvalue weighted by atomic mass is 35.5. The highest BCUT2D eigenvalue weighted by Crippen LogP contribution is 2.17. The number of ether oxygens (including phenoxy) is 1. The molecular weight excluding hydrogens is 248 g/mol. The molecule has 1 aromatic rings. The minimum atomic E-state index is 0.249. The number of rotatable bonds is 4. The van der Waals surface area contributed by atoms with E-state index in [1.165, 1.54) is 0 Å². The Morgan fingerprint density at radius 2 is 1.94 bits per heavy atom.